The Labute approximate surface area is 135 Å². The first-order valence-corrected chi connectivity index (χ1v) is 7.40. The van der Waals surface area contributed by atoms with Gasteiger partial charge in [-0.3, -0.25) is 0 Å². The van der Waals surface area contributed by atoms with Crippen molar-refractivity contribution in [2.24, 2.45) is 5.92 Å². The molecule has 0 amide bonds. The van der Waals surface area contributed by atoms with Gasteiger partial charge in [0, 0.05) is 12.5 Å². The number of nitrogens with two attached hydrogens (primary N) is 1. The maximum Gasteiger partial charge on any atom is 0.223 e. The molecule has 0 spiro atoms. The molecule has 2 aromatic heterocycles. The molecule has 0 aromatic carbocycles. The van der Waals surface area contributed by atoms with Crippen molar-refractivity contribution in [3.8, 4) is 0 Å². The smallest absolute Gasteiger partial charge is 0.223 e. The van der Waals surface area contributed by atoms with Crippen LogP contribution < -0.4 is 5.73 Å². The highest BCUT2D eigenvalue weighted by Gasteiger charge is 2.32. The zero-order valence-corrected chi connectivity index (χ0v) is 12.7. The van der Waals surface area contributed by atoms with Crippen molar-refractivity contribution >= 4 is 28.7 Å². The molecule has 2 N–H and O–H groups in total. The van der Waals surface area contributed by atoms with Gasteiger partial charge in [0.2, 0.25) is 5.95 Å². The van der Waals surface area contributed by atoms with Gasteiger partial charge in [-0.05, 0) is 17.7 Å². The number of halogens is 2. The van der Waals surface area contributed by atoms with Gasteiger partial charge in [0.25, 0.3) is 0 Å². The van der Waals surface area contributed by atoms with Crippen molar-refractivity contribution in [2.75, 3.05) is 19.1 Å². The predicted molar refractivity (Wildman–Crippen MR) is 81.2 cm³/mol. The Morgan fingerprint density at radius 3 is 3.17 bits per heavy atom. The number of fused-ring (bicyclic) bond motifs is 2. The number of nitrogen functional groups attached to an aromatic ring is 1. The molecule has 4 rings (SSSR count). The van der Waals surface area contributed by atoms with Crippen LogP contribution in [0.5, 0.6) is 0 Å². The van der Waals surface area contributed by atoms with Crippen LogP contribution in [0.1, 0.15) is 0 Å². The normalized spacial score (nSPS) is 24.3. The molecule has 2 aromatic rings. The van der Waals surface area contributed by atoms with Crippen LogP contribution in [0.3, 0.4) is 0 Å². The van der Waals surface area contributed by atoms with Crippen LogP contribution in [0.15, 0.2) is 29.9 Å². The largest absolute Gasteiger partial charge is 0.368 e. The van der Waals surface area contributed by atoms with Gasteiger partial charge in [-0.2, -0.15) is 9.97 Å². The van der Waals surface area contributed by atoms with E-state index in [0.29, 0.717) is 24.3 Å². The number of allylic oxidation sites excluding steroid dienone is 2. The Kier molecular flexibility index (Phi) is 3.51. The molecular formula is C14H13ClFN5O2. The molecule has 3 heterocycles. The molecule has 1 saturated heterocycles. The number of rotatable bonds is 2. The fourth-order valence-corrected chi connectivity index (χ4v) is 3.14. The van der Waals surface area contributed by atoms with Crippen LogP contribution in [0, 0.1) is 5.92 Å². The van der Waals surface area contributed by atoms with Crippen molar-refractivity contribution < 1.29 is 13.9 Å². The third-order valence-corrected chi connectivity index (χ3v) is 4.15. The monoisotopic (exact) mass is 337 g/mol. The van der Waals surface area contributed by atoms with E-state index >= 15 is 0 Å². The van der Waals surface area contributed by atoms with Gasteiger partial charge < -0.3 is 19.8 Å². The minimum atomic E-state index is -0.299. The van der Waals surface area contributed by atoms with E-state index in [1.54, 1.807) is 10.9 Å². The van der Waals surface area contributed by atoms with E-state index in [-0.39, 0.29) is 35.7 Å². The van der Waals surface area contributed by atoms with Gasteiger partial charge in [-0.25, -0.2) is 9.37 Å². The van der Waals surface area contributed by atoms with Crippen molar-refractivity contribution in [3.05, 3.63) is 35.0 Å². The van der Waals surface area contributed by atoms with E-state index in [9.17, 15) is 4.39 Å². The van der Waals surface area contributed by atoms with Crippen molar-refractivity contribution in [1.29, 1.82) is 0 Å². The number of aromatic nitrogens is 4. The molecule has 2 unspecified atom stereocenters. The molecule has 23 heavy (non-hydrogen) atoms. The molecule has 1 aliphatic carbocycles. The second kappa shape index (κ2) is 5.55. The summed E-state index contributed by atoms with van der Waals surface area (Å²) in [5.41, 5.74) is 7.38. The highest BCUT2D eigenvalue weighted by atomic mass is 35.5. The SMILES string of the molecule is Nc1nc(Cl)c2ncn(CC3=CC(F)=CC4COCOC34)c2n1. The van der Waals surface area contributed by atoms with Gasteiger partial charge in [0.15, 0.2) is 10.8 Å². The zero-order valence-electron chi connectivity index (χ0n) is 11.9. The third-order valence-electron chi connectivity index (χ3n) is 3.88. The lowest BCUT2D eigenvalue weighted by molar-refractivity contribution is -0.148. The van der Waals surface area contributed by atoms with Gasteiger partial charge in [0.05, 0.1) is 19.0 Å². The quantitative estimate of drug-likeness (QED) is 0.841. The molecule has 1 aliphatic heterocycles. The second-order valence-electron chi connectivity index (χ2n) is 5.43. The Morgan fingerprint density at radius 2 is 2.30 bits per heavy atom. The first kappa shape index (κ1) is 14.6. The summed E-state index contributed by atoms with van der Waals surface area (Å²) in [6, 6.07) is 0. The van der Waals surface area contributed by atoms with Gasteiger partial charge in [-0.15, -0.1) is 0 Å². The van der Waals surface area contributed by atoms with Crippen LogP contribution in [0.2, 0.25) is 5.15 Å². The van der Waals surface area contributed by atoms with Crippen LogP contribution in [0.4, 0.5) is 10.3 Å². The molecule has 0 bridgehead atoms. The molecule has 2 aliphatic rings. The molecule has 1 fully saturated rings. The van der Waals surface area contributed by atoms with Crippen LogP contribution in [0.25, 0.3) is 11.2 Å². The van der Waals surface area contributed by atoms with Crippen molar-refractivity contribution in [3.63, 3.8) is 0 Å². The summed E-state index contributed by atoms with van der Waals surface area (Å²) in [5.74, 6) is -0.373. The highest BCUT2D eigenvalue weighted by Crippen LogP contribution is 2.31. The number of ether oxygens (including phenoxy) is 2. The summed E-state index contributed by atoms with van der Waals surface area (Å²) in [4.78, 5) is 12.2. The van der Waals surface area contributed by atoms with Crippen LogP contribution in [-0.4, -0.2) is 39.0 Å². The number of imidazole rings is 1. The van der Waals surface area contributed by atoms with E-state index in [4.69, 9.17) is 26.8 Å². The average Bonchev–Trinajstić information content (AvgIpc) is 2.90. The number of anilines is 1. The summed E-state index contributed by atoms with van der Waals surface area (Å²) < 4.78 is 26.5. The lowest BCUT2D eigenvalue weighted by Crippen LogP contribution is -2.37. The van der Waals surface area contributed by atoms with Gasteiger partial charge >= 0.3 is 0 Å². The molecule has 120 valence electrons. The fraction of sp³-hybridized carbons (Fsp3) is 0.357. The number of hydrogen-bond acceptors (Lipinski definition) is 6. The van der Waals surface area contributed by atoms with Crippen molar-refractivity contribution in [1.82, 2.24) is 19.5 Å². The van der Waals surface area contributed by atoms with E-state index in [2.05, 4.69) is 15.0 Å². The lowest BCUT2D eigenvalue weighted by atomic mass is 9.90. The standard InChI is InChI=1S/C14H13ClFN5O2/c15-12-10-13(20-14(17)19-12)21(5-18-10)3-7-1-9(16)2-8-4-22-6-23-11(7)8/h1-2,5,8,11H,3-4,6H2,(H2,17,19,20). The third kappa shape index (κ3) is 2.58. The Hall–Kier alpha value is -2.03. The lowest BCUT2D eigenvalue weighted by Gasteiger charge is -2.33. The Bertz CT molecular complexity index is 834. The maximum atomic E-state index is 13.9. The topological polar surface area (TPSA) is 88.1 Å². The van der Waals surface area contributed by atoms with E-state index in [1.807, 2.05) is 0 Å². The van der Waals surface area contributed by atoms with E-state index in [0.717, 1.165) is 5.57 Å². The van der Waals surface area contributed by atoms with E-state index in [1.165, 1.54) is 12.2 Å². The highest BCUT2D eigenvalue weighted by molar-refractivity contribution is 6.33. The second-order valence-corrected chi connectivity index (χ2v) is 5.79. The van der Waals surface area contributed by atoms with Crippen LogP contribution >= 0.6 is 11.6 Å². The van der Waals surface area contributed by atoms with E-state index < -0.39 is 0 Å². The fourth-order valence-electron chi connectivity index (χ4n) is 2.92. The predicted octanol–water partition coefficient (Wildman–Crippen LogP) is 1.84. The summed E-state index contributed by atoms with van der Waals surface area (Å²) in [6.45, 7) is 0.992. The molecule has 9 heteroatoms. The zero-order chi connectivity index (χ0) is 16.0. The maximum absolute atomic E-state index is 13.9. The number of hydrogen-bond donors (Lipinski definition) is 1. The molecule has 0 radical (unpaired) electrons. The minimum absolute atomic E-state index is 0.0631. The summed E-state index contributed by atoms with van der Waals surface area (Å²) >= 11 is 6.02. The van der Waals surface area contributed by atoms with Gasteiger partial charge in [0.1, 0.15) is 18.1 Å². The Balaban J connectivity index is 1.71. The van der Waals surface area contributed by atoms with Crippen molar-refractivity contribution in [2.45, 2.75) is 12.6 Å². The molecule has 7 nitrogen and oxygen atoms in total. The molecule has 0 saturated carbocycles. The summed E-state index contributed by atoms with van der Waals surface area (Å²) in [5, 5.41) is 0.190. The molecule has 2 atom stereocenters. The summed E-state index contributed by atoms with van der Waals surface area (Å²) in [7, 11) is 0. The summed E-state index contributed by atoms with van der Waals surface area (Å²) in [6.07, 6.45) is 4.35. The average molecular weight is 338 g/mol. The van der Waals surface area contributed by atoms with Gasteiger partial charge in [-0.1, -0.05) is 11.6 Å². The minimum Gasteiger partial charge on any atom is -0.368 e. The van der Waals surface area contributed by atoms with Crippen LogP contribution in [-0.2, 0) is 16.0 Å². The first-order chi connectivity index (χ1) is 11.1. The molecular weight excluding hydrogens is 325 g/mol. The number of nitrogens with zero attached hydrogens (tertiary/aromatic N) is 4. The Morgan fingerprint density at radius 1 is 1.43 bits per heavy atom. The first-order valence-electron chi connectivity index (χ1n) is 7.03.